The quantitative estimate of drug-likeness (QED) is 0.451. The number of nitrogens with zero attached hydrogens (tertiary/aromatic N) is 3. The van der Waals surface area contributed by atoms with Gasteiger partial charge < -0.3 is 21.1 Å². The van der Waals surface area contributed by atoms with E-state index in [0.29, 0.717) is 48.9 Å². The van der Waals surface area contributed by atoms with Crippen LogP contribution in [0.1, 0.15) is 44.2 Å². The molecule has 2 aromatic carbocycles. The number of nitrogens with two attached hydrogens (primary N) is 1. The van der Waals surface area contributed by atoms with Crippen LogP contribution in [-0.2, 0) is 19.8 Å². The van der Waals surface area contributed by atoms with Crippen molar-refractivity contribution < 1.29 is 23.9 Å². The normalized spacial score (nSPS) is 27.7. The van der Waals surface area contributed by atoms with Crippen LogP contribution in [0.15, 0.2) is 36.4 Å². The number of aliphatic carboxylic acids is 1. The summed E-state index contributed by atoms with van der Waals surface area (Å²) in [7, 11) is 1.97. The monoisotopic (exact) mass is 619 g/mol. The Bertz CT molecular complexity index is 1430. The maximum absolute atomic E-state index is 16.0. The van der Waals surface area contributed by atoms with E-state index in [1.807, 2.05) is 32.7 Å². The number of anilines is 1. The van der Waals surface area contributed by atoms with Crippen molar-refractivity contribution >= 4 is 46.7 Å². The Morgan fingerprint density at radius 2 is 1.83 bits per heavy atom. The summed E-state index contributed by atoms with van der Waals surface area (Å²) < 4.78 is 16.0. The first-order valence-electron chi connectivity index (χ1n) is 14.0. The Morgan fingerprint density at radius 1 is 1.17 bits per heavy atom. The first kappa shape index (κ1) is 30.7. The van der Waals surface area contributed by atoms with Crippen molar-refractivity contribution in [3.05, 3.63) is 63.4 Å². The van der Waals surface area contributed by atoms with Gasteiger partial charge in [0, 0.05) is 48.8 Å². The lowest BCUT2D eigenvalue weighted by Crippen LogP contribution is -2.65. The average molecular weight is 621 g/mol. The van der Waals surface area contributed by atoms with Crippen LogP contribution < -0.4 is 11.1 Å². The molecule has 2 amide bonds. The molecule has 4 N–H and O–H groups in total. The molecule has 2 saturated heterocycles. The number of likely N-dealkylation sites (tertiary alicyclic amines) is 1. The molecular weight excluding hydrogens is 584 g/mol. The van der Waals surface area contributed by atoms with Crippen molar-refractivity contribution in [2.75, 3.05) is 38.5 Å². The summed E-state index contributed by atoms with van der Waals surface area (Å²) in [5.74, 6) is -4.60. The van der Waals surface area contributed by atoms with E-state index in [1.165, 1.54) is 18.2 Å². The first-order valence-corrected chi connectivity index (χ1v) is 14.7. The summed E-state index contributed by atoms with van der Waals surface area (Å²) in [5, 5.41) is 14.1. The summed E-state index contributed by atoms with van der Waals surface area (Å²) in [6, 6.07) is 6.93. The van der Waals surface area contributed by atoms with Crippen molar-refractivity contribution in [3.63, 3.8) is 0 Å². The summed E-state index contributed by atoms with van der Waals surface area (Å²) in [4.78, 5) is 46.9. The number of halogens is 3. The minimum Gasteiger partial charge on any atom is -0.480 e. The Kier molecular flexibility index (Phi) is 8.08. The van der Waals surface area contributed by atoms with Crippen molar-refractivity contribution in [1.82, 2.24) is 14.7 Å². The number of amides is 2. The average Bonchev–Trinajstić information content (AvgIpc) is 3.33. The molecule has 0 radical (unpaired) electrons. The maximum Gasteiger partial charge on any atom is 0.321 e. The Hall–Kier alpha value is -2.76. The van der Waals surface area contributed by atoms with E-state index in [1.54, 1.807) is 23.1 Å². The molecule has 3 aliphatic rings. The molecule has 0 saturated carbocycles. The minimum atomic E-state index is -1.62. The van der Waals surface area contributed by atoms with Gasteiger partial charge in [0.25, 0.3) is 0 Å². The molecule has 5 rings (SSSR count). The number of carbonyl (C=O) groups is 3. The maximum atomic E-state index is 16.0. The summed E-state index contributed by atoms with van der Waals surface area (Å²) in [5.41, 5.74) is 4.93. The van der Waals surface area contributed by atoms with Crippen LogP contribution >= 0.6 is 23.2 Å². The molecule has 0 aliphatic carbocycles. The number of benzene rings is 2. The van der Waals surface area contributed by atoms with Crippen LogP contribution in [0.3, 0.4) is 0 Å². The molecule has 9 nitrogen and oxygen atoms in total. The molecule has 0 bridgehead atoms. The molecule has 1 spiro atoms. The topological polar surface area (TPSA) is 119 Å². The van der Waals surface area contributed by atoms with Gasteiger partial charge in [0.1, 0.15) is 23.4 Å². The Balaban J connectivity index is 1.86. The predicted molar refractivity (Wildman–Crippen MR) is 159 cm³/mol. The van der Waals surface area contributed by atoms with Gasteiger partial charge in [-0.1, -0.05) is 62.2 Å². The van der Waals surface area contributed by atoms with E-state index in [9.17, 15) is 19.5 Å². The molecule has 12 heteroatoms. The van der Waals surface area contributed by atoms with Crippen molar-refractivity contribution in [2.45, 2.75) is 56.8 Å². The molecule has 42 heavy (non-hydrogen) atoms. The van der Waals surface area contributed by atoms with E-state index in [4.69, 9.17) is 28.9 Å². The van der Waals surface area contributed by atoms with Gasteiger partial charge in [-0.3, -0.25) is 24.2 Å². The highest BCUT2D eigenvalue weighted by molar-refractivity contribution is 6.31. The Morgan fingerprint density at radius 3 is 2.43 bits per heavy atom. The summed E-state index contributed by atoms with van der Waals surface area (Å²) >= 11 is 12.6. The fraction of sp³-hybridized carbons (Fsp3) is 0.500. The van der Waals surface area contributed by atoms with E-state index < -0.39 is 58.6 Å². The van der Waals surface area contributed by atoms with Gasteiger partial charge in [0.15, 0.2) is 0 Å². The van der Waals surface area contributed by atoms with E-state index >= 15 is 4.39 Å². The molecule has 3 heterocycles. The lowest BCUT2D eigenvalue weighted by atomic mass is 9.62. The van der Waals surface area contributed by atoms with Crippen LogP contribution in [-0.4, -0.2) is 89.1 Å². The predicted octanol–water partition coefficient (Wildman–Crippen LogP) is 3.74. The smallest absolute Gasteiger partial charge is 0.321 e. The molecule has 5 atom stereocenters. The van der Waals surface area contributed by atoms with Crippen LogP contribution in [0, 0.1) is 11.2 Å². The molecule has 3 aliphatic heterocycles. The number of rotatable bonds is 6. The van der Waals surface area contributed by atoms with E-state index in [0.717, 1.165) is 0 Å². The van der Waals surface area contributed by atoms with Gasteiger partial charge in [-0.2, -0.15) is 0 Å². The van der Waals surface area contributed by atoms with Crippen molar-refractivity contribution in [3.8, 4) is 0 Å². The number of carboxylic acids is 1. The fourth-order valence-corrected chi connectivity index (χ4v) is 7.58. The third kappa shape index (κ3) is 4.97. The van der Waals surface area contributed by atoms with Crippen LogP contribution in [0.4, 0.5) is 10.1 Å². The number of hydrogen-bond acceptors (Lipinski definition) is 6. The molecule has 0 aromatic heterocycles. The van der Waals surface area contributed by atoms with Gasteiger partial charge in [0.2, 0.25) is 11.8 Å². The molecule has 226 valence electrons. The Labute approximate surface area is 254 Å². The molecule has 2 aromatic rings. The number of fused-ring (bicyclic) bond motifs is 2. The van der Waals surface area contributed by atoms with Gasteiger partial charge in [-0.25, -0.2) is 4.39 Å². The highest BCUT2D eigenvalue weighted by Crippen LogP contribution is 2.61. The molecular formula is C30H36Cl2FN5O4. The second-order valence-electron chi connectivity index (χ2n) is 12.8. The van der Waals surface area contributed by atoms with E-state index in [-0.39, 0.29) is 10.6 Å². The van der Waals surface area contributed by atoms with Crippen LogP contribution in [0.5, 0.6) is 0 Å². The molecule has 5 unspecified atom stereocenters. The molecule has 2 fully saturated rings. The third-order valence-corrected chi connectivity index (χ3v) is 9.39. The first-order chi connectivity index (χ1) is 19.7. The lowest BCUT2D eigenvalue weighted by molar-refractivity contribution is -0.150. The fourth-order valence-electron chi connectivity index (χ4n) is 7.22. The van der Waals surface area contributed by atoms with E-state index in [2.05, 4.69) is 10.2 Å². The van der Waals surface area contributed by atoms with Crippen LogP contribution in [0.2, 0.25) is 10.0 Å². The number of nitrogens with one attached hydrogen (secondary N) is 1. The highest BCUT2D eigenvalue weighted by atomic mass is 35.5. The standard InChI is InChI=1S/C30H36Cl2FN5O4/c1-29(2,3)15-21-30(18-9-8-16(31)14-20(18)35-28(30)42)22(17-6-5-7-19(32)23(17)33)24(27(40)41)38(21)26(25(34)39)37-12-10-36(4)11-13-37/h5-9,14,21-22,24,26H,10-13,15H2,1-4H3,(H2,34,39)(H,35,42)(H,40,41). The number of carbonyl (C=O) groups excluding carboxylic acids is 2. The zero-order valence-electron chi connectivity index (χ0n) is 24.0. The SMILES string of the molecule is CN1CCN(C(C(N)=O)N2C(C(=O)O)C(c3cccc(Cl)c3F)C3(C(=O)Nc4cc(Cl)ccc43)C2CC(C)(C)C)CC1. The van der Waals surface area contributed by atoms with Crippen molar-refractivity contribution in [1.29, 1.82) is 0 Å². The van der Waals surface area contributed by atoms with Crippen molar-refractivity contribution in [2.24, 2.45) is 11.1 Å². The van der Waals surface area contributed by atoms with Gasteiger partial charge in [-0.05, 0) is 48.2 Å². The zero-order chi connectivity index (χ0) is 30.7. The van der Waals surface area contributed by atoms with Crippen LogP contribution in [0.25, 0.3) is 0 Å². The largest absolute Gasteiger partial charge is 0.480 e. The second-order valence-corrected chi connectivity index (χ2v) is 13.6. The van der Waals surface area contributed by atoms with Gasteiger partial charge in [0.05, 0.1) is 5.02 Å². The number of likely N-dealkylation sites (N-methyl/N-ethyl adjacent to an activating group) is 1. The minimum absolute atomic E-state index is 0.0177. The van der Waals surface area contributed by atoms with Gasteiger partial charge in [-0.15, -0.1) is 0 Å². The second kappa shape index (κ2) is 11.1. The highest BCUT2D eigenvalue weighted by Gasteiger charge is 2.71. The summed E-state index contributed by atoms with van der Waals surface area (Å²) in [6.45, 7) is 8.12. The number of piperazine rings is 1. The lowest BCUT2D eigenvalue weighted by Gasteiger charge is -2.46. The van der Waals surface area contributed by atoms with Gasteiger partial charge >= 0.3 is 5.97 Å². The zero-order valence-corrected chi connectivity index (χ0v) is 25.5. The number of hydrogen-bond donors (Lipinski definition) is 3. The number of carboxylic acid groups (broad SMARTS) is 1. The third-order valence-electron chi connectivity index (χ3n) is 8.86. The summed E-state index contributed by atoms with van der Waals surface area (Å²) in [6.07, 6.45) is -0.872. The number of primary amides is 1.